The minimum Gasteiger partial charge on any atom is -0.393 e. The number of Topliss-reactive ketones (excluding diaryl/α,β-unsaturated/α-hetero) is 1. The third kappa shape index (κ3) is 5.84. The maximum Gasteiger partial charge on any atom is 0.253 e. The number of hydrogen-bond acceptors (Lipinski definition) is 5. The predicted molar refractivity (Wildman–Crippen MR) is 128 cm³/mol. The van der Waals surface area contributed by atoms with Gasteiger partial charge < -0.3 is 15.1 Å². The van der Waals surface area contributed by atoms with E-state index in [-0.39, 0.29) is 11.7 Å². The van der Waals surface area contributed by atoms with E-state index in [0.29, 0.717) is 37.0 Å². The van der Waals surface area contributed by atoms with Crippen LogP contribution in [0, 0.1) is 5.92 Å². The van der Waals surface area contributed by atoms with Gasteiger partial charge >= 0.3 is 0 Å². The van der Waals surface area contributed by atoms with Crippen molar-refractivity contribution in [1.29, 1.82) is 0 Å². The van der Waals surface area contributed by atoms with Gasteiger partial charge in [0.2, 0.25) is 0 Å². The van der Waals surface area contributed by atoms with Gasteiger partial charge in [-0.2, -0.15) is 0 Å². The number of piperidine rings is 1. The van der Waals surface area contributed by atoms with E-state index in [9.17, 15) is 19.8 Å². The van der Waals surface area contributed by atoms with Crippen molar-refractivity contribution >= 4 is 11.7 Å². The summed E-state index contributed by atoms with van der Waals surface area (Å²) < 4.78 is 0. The monoisotopic (exact) mass is 456 g/mol. The van der Waals surface area contributed by atoms with Crippen molar-refractivity contribution in [1.82, 2.24) is 9.80 Å². The average molecular weight is 457 g/mol. The van der Waals surface area contributed by atoms with Gasteiger partial charge in [0.1, 0.15) is 0 Å². The van der Waals surface area contributed by atoms with Crippen LogP contribution in [0.15, 0.2) is 24.3 Å². The van der Waals surface area contributed by atoms with Gasteiger partial charge in [-0.1, -0.05) is 37.5 Å². The molecule has 6 heteroatoms. The smallest absolute Gasteiger partial charge is 0.253 e. The molecular formula is C27H40N2O4. The Labute approximate surface area is 198 Å². The summed E-state index contributed by atoms with van der Waals surface area (Å²) in [7, 11) is 0. The van der Waals surface area contributed by atoms with Crippen molar-refractivity contribution in [3.8, 4) is 0 Å². The van der Waals surface area contributed by atoms with Crippen LogP contribution in [0.2, 0.25) is 0 Å². The molecule has 1 aromatic rings. The molecule has 1 aliphatic carbocycles. The van der Waals surface area contributed by atoms with E-state index in [2.05, 4.69) is 17.0 Å². The number of aliphatic hydroxyl groups excluding tert-OH is 2. The van der Waals surface area contributed by atoms with Crippen molar-refractivity contribution in [3.63, 3.8) is 0 Å². The van der Waals surface area contributed by atoms with E-state index >= 15 is 0 Å². The molecule has 4 rings (SSSR count). The highest BCUT2D eigenvalue weighted by molar-refractivity contribution is 5.94. The average Bonchev–Trinajstić information content (AvgIpc) is 3.07. The van der Waals surface area contributed by atoms with Gasteiger partial charge in [-0.05, 0) is 68.9 Å². The Hall–Kier alpha value is -1.76. The second-order valence-electron chi connectivity index (χ2n) is 10.5. The number of nitrogens with zero attached hydrogens (tertiary/aromatic N) is 2. The molecule has 33 heavy (non-hydrogen) atoms. The highest BCUT2D eigenvalue weighted by Gasteiger charge is 2.41. The van der Waals surface area contributed by atoms with E-state index in [1.165, 1.54) is 37.7 Å². The number of ketones is 1. The molecule has 0 radical (unpaired) electrons. The summed E-state index contributed by atoms with van der Waals surface area (Å²) in [5.74, 6) is 0.773. The van der Waals surface area contributed by atoms with Gasteiger partial charge in [0.25, 0.3) is 5.91 Å². The van der Waals surface area contributed by atoms with Gasteiger partial charge in [-0.15, -0.1) is 0 Å². The number of carbonyl (C=O) groups excluding carboxylic acids is 2. The molecule has 2 N–H and O–H groups in total. The fourth-order valence-corrected chi connectivity index (χ4v) is 6.42. The quantitative estimate of drug-likeness (QED) is 0.557. The summed E-state index contributed by atoms with van der Waals surface area (Å²) in [6.07, 6.45) is 9.25. The lowest BCUT2D eigenvalue weighted by Gasteiger charge is -2.41. The van der Waals surface area contributed by atoms with E-state index in [4.69, 9.17) is 0 Å². The molecule has 2 heterocycles. The highest BCUT2D eigenvalue weighted by atomic mass is 16.3. The number of amides is 1. The Morgan fingerprint density at radius 2 is 1.79 bits per heavy atom. The van der Waals surface area contributed by atoms with Crippen LogP contribution in [0.1, 0.15) is 86.6 Å². The van der Waals surface area contributed by atoms with Crippen molar-refractivity contribution in [3.05, 3.63) is 35.4 Å². The second-order valence-corrected chi connectivity index (χ2v) is 10.5. The summed E-state index contributed by atoms with van der Waals surface area (Å²) in [6.45, 7) is 3.24. The summed E-state index contributed by atoms with van der Waals surface area (Å²) in [6, 6.07) is 9.14. The maximum atomic E-state index is 12.8. The van der Waals surface area contributed by atoms with Gasteiger partial charge in [-0.3, -0.25) is 14.5 Å². The zero-order valence-electron chi connectivity index (χ0n) is 20.0. The predicted octanol–water partition coefficient (Wildman–Crippen LogP) is 3.36. The number of benzene rings is 1. The van der Waals surface area contributed by atoms with E-state index in [1.807, 2.05) is 17.0 Å². The fourth-order valence-electron chi connectivity index (χ4n) is 6.42. The molecule has 2 saturated heterocycles. The first-order valence-electron chi connectivity index (χ1n) is 12.9. The number of fused-ring (bicyclic) bond motifs is 2. The Morgan fingerprint density at radius 1 is 1.09 bits per heavy atom. The Kier molecular flexibility index (Phi) is 8.20. The van der Waals surface area contributed by atoms with E-state index < -0.39 is 12.7 Å². The lowest BCUT2D eigenvalue weighted by Crippen LogP contribution is -2.50. The summed E-state index contributed by atoms with van der Waals surface area (Å²) in [5, 5.41) is 19.4. The molecule has 182 valence electrons. The zero-order valence-corrected chi connectivity index (χ0v) is 20.0. The van der Waals surface area contributed by atoms with Gasteiger partial charge in [0.15, 0.2) is 11.9 Å². The Morgan fingerprint density at radius 3 is 2.42 bits per heavy atom. The number of hydrogen-bond donors (Lipinski definition) is 2. The highest BCUT2D eigenvalue weighted by Crippen LogP contribution is 2.43. The molecule has 1 aromatic carbocycles. The molecular weight excluding hydrogens is 416 g/mol. The first-order chi connectivity index (χ1) is 16.0. The summed E-state index contributed by atoms with van der Waals surface area (Å²) in [5.41, 5.74) is 2.07. The van der Waals surface area contributed by atoms with E-state index in [0.717, 1.165) is 37.8 Å². The van der Waals surface area contributed by atoms with Gasteiger partial charge in [0, 0.05) is 37.3 Å². The molecule has 0 aromatic heterocycles. The van der Waals surface area contributed by atoms with Crippen LogP contribution < -0.4 is 0 Å². The van der Waals surface area contributed by atoms with E-state index in [1.54, 1.807) is 6.92 Å². The standard InChI is InChI=1S/C27H40N2O4/c1-19(31)21-8-5-9-22(14-21)23-15-24-10-11-25(16-23)29(24)13-12-28(27(33)26(32)18-30)17-20-6-3-2-4-7-20/h5,8-9,14,20,23-26,30,32H,2-4,6-7,10-13,15-18H2,1H3/t23-,24+,25-,26-/m0/s1. The Balaban J connectivity index is 1.38. The van der Waals surface area contributed by atoms with Crippen molar-refractivity contribution < 1.29 is 19.8 Å². The normalized spacial score (nSPS) is 26.8. The van der Waals surface area contributed by atoms with Crippen LogP contribution in [0.3, 0.4) is 0 Å². The lowest BCUT2D eigenvalue weighted by molar-refractivity contribution is -0.143. The molecule has 4 atom stereocenters. The van der Waals surface area contributed by atoms with Gasteiger partial charge in [0.05, 0.1) is 6.61 Å². The van der Waals surface area contributed by atoms with Crippen LogP contribution in [0.25, 0.3) is 0 Å². The lowest BCUT2D eigenvalue weighted by atomic mass is 9.84. The molecule has 1 amide bonds. The number of carbonyl (C=O) groups is 2. The number of aliphatic hydroxyl groups is 2. The third-order valence-electron chi connectivity index (χ3n) is 8.25. The van der Waals surface area contributed by atoms with Crippen LogP contribution in [0.4, 0.5) is 0 Å². The van der Waals surface area contributed by atoms with Crippen LogP contribution in [0.5, 0.6) is 0 Å². The summed E-state index contributed by atoms with van der Waals surface area (Å²) in [4.78, 5) is 29.0. The minimum absolute atomic E-state index is 0.116. The van der Waals surface area contributed by atoms with Crippen molar-refractivity contribution in [2.45, 2.75) is 88.8 Å². The molecule has 1 saturated carbocycles. The van der Waals surface area contributed by atoms with Crippen LogP contribution in [-0.2, 0) is 4.79 Å². The third-order valence-corrected chi connectivity index (χ3v) is 8.25. The van der Waals surface area contributed by atoms with Crippen molar-refractivity contribution in [2.75, 3.05) is 26.2 Å². The summed E-state index contributed by atoms with van der Waals surface area (Å²) >= 11 is 0. The molecule has 6 nitrogen and oxygen atoms in total. The van der Waals surface area contributed by atoms with Crippen LogP contribution >= 0.6 is 0 Å². The fraction of sp³-hybridized carbons (Fsp3) is 0.704. The molecule has 2 bridgehead atoms. The molecule has 0 spiro atoms. The molecule has 3 aliphatic rings. The largest absolute Gasteiger partial charge is 0.393 e. The Bertz CT molecular complexity index is 808. The first-order valence-corrected chi connectivity index (χ1v) is 12.9. The van der Waals surface area contributed by atoms with Gasteiger partial charge in [-0.25, -0.2) is 0 Å². The first kappa shape index (κ1) is 24.4. The molecule has 2 aliphatic heterocycles. The van der Waals surface area contributed by atoms with Crippen molar-refractivity contribution in [2.24, 2.45) is 5.92 Å². The topological polar surface area (TPSA) is 81.1 Å². The second kappa shape index (κ2) is 11.1. The van der Waals surface area contributed by atoms with Crippen LogP contribution in [-0.4, -0.2) is 76.1 Å². The minimum atomic E-state index is -1.32. The number of rotatable bonds is 9. The molecule has 3 fully saturated rings. The zero-order chi connectivity index (χ0) is 23.4. The molecule has 0 unspecified atom stereocenters. The SMILES string of the molecule is CC(=O)c1cccc([C@H]2C[C@H]3CC[C@@H](C2)N3CCN(CC2CCCCC2)C(=O)[C@@H](O)CO)c1. The maximum absolute atomic E-state index is 12.8.